The van der Waals surface area contributed by atoms with E-state index in [2.05, 4.69) is 0 Å². The van der Waals surface area contributed by atoms with Crippen LogP contribution in [0.2, 0.25) is 5.02 Å². The van der Waals surface area contributed by atoms with E-state index in [1.807, 2.05) is 13.0 Å². The van der Waals surface area contributed by atoms with E-state index >= 15 is 0 Å². The van der Waals surface area contributed by atoms with Crippen molar-refractivity contribution in [2.24, 2.45) is 0 Å². The number of halogens is 1. The molecule has 2 aromatic rings. The predicted octanol–water partition coefficient (Wildman–Crippen LogP) is 3.73. The largest absolute Gasteiger partial charge is 0.497 e. The molecule has 0 aromatic heterocycles. The summed E-state index contributed by atoms with van der Waals surface area (Å²) in [4.78, 5) is 11.4. The van der Waals surface area contributed by atoms with Crippen LogP contribution in [0.1, 0.15) is 11.1 Å². The second-order valence-electron chi connectivity index (χ2n) is 4.85. The molecule has 1 atom stereocenters. The fraction of sp³-hybridized carbons (Fsp3) is 0.235. The Bertz CT molecular complexity index is 652. The molecule has 0 aliphatic heterocycles. The highest BCUT2D eigenvalue weighted by molar-refractivity contribution is 6.31. The second kappa shape index (κ2) is 7.18. The summed E-state index contributed by atoms with van der Waals surface area (Å²) >= 11 is 6.07. The van der Waals surface area contributed by atoms with E-state index in [9.17, 15) is 9.90 Å². The summed E-state index contributed by atoms with van der Waals surface area (Å²) in [6, 6.07) is 12.2. The van der Waals surface area contributed by atoms with Gasteiger partial charge in [-0.25, -0.2) is 4.79 Å². The summed E-state index contributed by atoms with van der Waals surface area (Å²) in [6.07, 6.45) is -0.737. The molecule has 2 aromatic carbocycles. The Labute approximate surface area is 134 Å². The Morgan fingerprint density at radius 2 is 1.82 bits per heavy atom. The molecule has 0 amide bonds. The fourth-order valence-electron chi connectivity index (χ4n) is 2.07. The van der Waals surface area contributed by atoms with Crippen molar-refractivity contribution in [1.82, 2.24) is 0 Å². The van der Waals surface area contributed by atoms with Crippen molar-refractivity contribution in [1.29, 1.82) is 0 Å². The van der Waals surface area contributed by atoms with Gasteiger partial charge in [0, 0.05) is 11.4 Å². The topological polar surface area (TPSA) is 55.8 Å². The Hall–Kier alpha value is -2.20. The van der Waals surface area contributed by atoms with Crippen molar-refractivity contribution in [3.63, 3.8) is 0 Å². The first kappa shape index (κ1) is 16.2. The highest BCUT2D eigenvalue weighted by Crippen LogP contribution is 2.23. The van der Waals surface area contributed by atoms with Crippen LogP contribution >= 0.6 is 11.6 Å². The second-order valence-corrected chi connectivity index (χ2v) is 5.26. The minimum absolute atomic E-state index is 0.244. The average Bonchev–Trinajstić information content (AvgIpc) is 2.51. The van der Waals surface area contributed by atoms with Crippen LogP contribution in [-0.4, -0.2) is 24.3 Å². The van der Waals surface area contributed by atoms with Crippen molar-refractivity contribution < 1.29 is 19.4 Å². The quantitative estimate of drug-likeness (QED) is 0.881. The van der Waals surface area contributed by atoms with E-state index < -0.39 is 12.1 Å². The third kappa shape index (κ3) is 3.92. The molecule has 0 unspecified atom stereocenters. The molecule has 0 fully saturated rings. The molecule has 4 nitrogen and oxygen atoms in total. The smallest absolute Gasteiger partial charge is 0.345 e. The Morgan fingerprint density at radius 1 is 1.18 bits per heavy atom. The number of carboxylic acid groups (broad SMARTS) is 1. The monoisotopic (exact) mass is 320 g/mol. The van der Waals surface area contributed by atoms with Crippen LogP contribution < -0.4 is 9.47 Å². The van der Waals surface area contributed by atoms with Gasteiger partial charge in [0.05, 0.1) is 7.11 Å². The summed E-state index contributed by atoms with van der Waals surface area (Å²) in [5.41, 5.74) is 1.72. The minimum atomic E-state index is -1.02. The van der Waals surface area contributed by atoms with Gasteiger partial charge in [0.15, 0.2) is 6.10 Å². The molecule has 0 radical (unpaired) electrons. The molecule has 0 bridgehead atoms. The third-order valence-corrected chi connectivity index (χ3v) is 3.81. The average molecular weight is 321 g/mol. The summed E-state index contributed by atoms with van der Waals surface area (Å²) in [7, 11) is 1.57. The standard InChI is InChI=1S/C17H17ClO4/c1-11-12(4-3-5-15(11)18)10-16(17(19)20)22-14-8-6-13(21-2)7-9-14/h3-9,16H,10H2,1-2H3,(H,19,20)/t16-/m1/s1. The van der Waals surface area contributed by atoms with E-state index in [0.29, 0.717) is 16.5 Å². The van der Waals surface area contributed by atoms with Gasteiger partial charge in [-0.2, -0.15) is 0 Å². The molecule has 0 spiro atoms. The molecule has 0 saturated heterocycles. The number of carboxylic acids is 1. The molecule has 0 aliphatic rings. The number of carbonyl (C=O) groups is 1. The SMILES string of the molecule is COc1ccc(O[C@H](Cc2cccc(Cl)c2C)C(=O)O)cc1. The first-order valence-corrected chi connectivity index (χ1v) is 7.16. The summed E-state index contributed by atoms with van der Waals surface area (Å²) in [6.45, 7) is 1.87. The molecule has 22 heavy (non-hydrogen) atoms. The van der Waals surface area contributed by atoms with E-state index in [-0.39, 0.29) is 6.42 Å². The van der Waals surface area contributed by atoms with Crippen molar-refractivity contribution in [3.05, 3.63) is 58.6 Å². The van der Waals surface area contributed by atoms with Gasteiger partial charge in [-0.05, 0) is 48.4 Å². The van der Waals surface area contributed by atoms with Crippen LogP contribution in [0.15, 0.2) is 42.5 Å². The lowest BCUT2D eigenvalue weighted by Gasteiger charge is -2.17. The lowest BCUT2D eigenvalue weighted by molar-refractivity contribution is -0.145. The lowest BCUT2D eigenvalue weighted by Crippen LogP contribution is -2.29. The minimum Gasteiger partial charge on any atom is -0.497 e. The van der Waals surface area contributed by atoms with Crippen molar-refractivity contribution in [3.8, 4) is 11.5 Å². The molecule has 0 aliphatic carbocycles. The Morgan fingerprint density at radius 3 is 2.41 bits per heavy atom. The fourth-order valence-corrected chi connectivity index (χ4v) is 2.27. The number of aliphatic carboxylic acids is 1. The maximum absolute atomic E-state index is 11.4. The number of hydrogen-bond acceptors (Lipinski definition) is 3. The predicted molar refractivity (Wildman–Crippen MR) is 84.9 cm³/mol. The van der Waals surface area contributed by atoms with Gasteiger partial charge in [-0.1, -0.05) is 23.7 Å². The number of benzene rings is 2. The van der Waals surface area contributed by atoms with Crippen molar-refractivity contribution >= 4 is 17.6 Å². The van der Waals surface area contributed by atoms with Crippen LogP contribution in [0, 0.1) is 6.92 Å². The van der Waals surface area contributed by atoms with Gasteiger partial charge in [-0.3, -0.25) is 0 Å². The normalized spacial score (nSPS) is 11.8. The van der Waals surface area contributed by atoms with Gasteiger partial charge in [-0.15, -0.1) is 0 Å². The molecule has 116 valence electrons. The van der Waals surface area contributed by atoms with E-state index in [1.54, 1.807) is 43.5 Å². The Balaban J connectivity index is 2.16. The van der Waals surface area contributed by atoms with Gasteiger partial charge in [0.2, 0.25) is 0 Å². The van der Waals surface area contributed by atoms with Crippen LogP contribution in [0.5, 0.6) is 11.5 Å². The van der Waals surface area contributed by atoms with Crippen molar-refractivity contribution in [2.45, 2.75) is 19.4 Å². The van der Waals surface area contributed by atoms with E-state index in [1.165, 1.54) is 0 Å². The maximum atomic E-state index is 11.4. The first-order valence-electron chi connectivity index (χ1n) is 6.78. The zero-order valence-electron chi connectivity index (χ0n) is 12.4. The molecule has 0 saturated carbocycles. The highest BCUT2D eigenvalue weighted by atomic mass is 35.5. The van der Waals surface area contributed by atoms with Crippen LogP contribution in [0.3, 0.4) is 0 Å². The number of methoxy groups -OCH3 is 1. The Kier molecular flexibility index (Phi) is 5.28. The number of ether oxygens (including phenoxy) is 2. The van der Waals surface area contributed by atoms with Crippen LogP contribution in [0.4, 0.5) is 0 Å². The van der Waals surface area contributed by atoms with E-state index in [0.717, 1.165) is 11.1 Å². The van der Waals surface area contributed by atoms with Gasteiger partial charge in [0.1, 0.15) is 11.5 Å². The zero-order chi connectivity index (χ0) is 16.1. The maximum Gasteiger partial charge on any atom is 0.345 e. The number of hydrogen-bond donors (Lipinski definition) is 1. The zero-order valence-corrected chi connectivity index (χ0v) is 13.1. The molecule has 1 N–H and O–H groups in total. The summed E-state index contributed by atoms with van der Waals surface area (Å²) in [5, 5.41) is 9.99. The lowest BCUT2D eigenvalue weighted by atomic mass is 10.0. The third-order valence-electron chi connectivity index (χ3n) is 3.40. The molecule has 5 heteroatoms. The molecular formula is C17H17ClO4. The molecule has 2 rings (SSSR count). The van der Waals surface area contributed by atoms with Crippen LogP contribution in [0.25, 0.3) is 0 Å². The van der Waals surface area contributed by atoms with E-state index in [4.69, 9.17) is 21.1 Å². The van der Waals surface area contributed by atoms with Crippen molar-refractivity contribution in [2.75, 3.05) is 7.11 Å². The van der Waals surface area contributed by atoms with Gasteiger partial charge in [0.25, 0.3) is 0 Å². The number of rotatable bonds is 6. The molecular weight excluding hydrogens is 304 g/mol. The van der Waals surface area contributed by atoms with Crippen LogP contribution in [-0.2, 0) is 11.2 Å². The summed E-state index contributed by atoms with van der Waals surface area (Å²) in [5.74, 6) is 0.146. The highest BCUT2D eigenvalue weighted by Gasteiger charge is 2.21. The summed E-state index contributed by atoms with van der Waals surface area (Å²) < 4.78 is 10.6. The van der Waals surface area contributed by atoms with Gasteiger partial charge < -0.3 is 14.6 Å². The first-order chi connectivity index (χ1) is 10.5. The van der Waals surface area contributed by atoms with Gasteiger partial charge >= 0.3 is 5.97 Å². The molecule has 0 heterocycles.